The number of alkyl carbamates (subject to hydrolysis) is 1. The molecule has 4 rings (SSSR count). The van der Waals surface area contributed by atoms with Crippen LogP contribution in [0.4, 0.5) is 10.5 Å². The Kier molecular flexibility index (Phi) is 6.45. The molecule has 0 spiro atoms. The fraction of sp³-hybridized carbons (Fsp3) is 0.286. The number of hydrogen-bond acceptors (Lipinski definition) is 4. The van der Waals surface area contributed by atoms with Gasteiger partial charge in [-0.25, -0.2) is 4.79 Å². The highest BCUT2D eigenvalue weighted by Crippen LogP contribution is 2.51. The van der Waals surface area contributed by atoms with Gasteiger partial charge < -0.3 is 9.64 Å². The molecule has 1 atom stereocenters. The summed E-state index contributed by atoms with van der Waals surface area (Å²) in [5.74, 6) is -0.198. The van der Waals surface area contributed by atoms with Gasteiger partial charge in [-0.15, -0.1) is 0 Å². The summed E-state index contributed by atoms with van der Waals surface area (Å²) >= 11 is 1.37. The average Bonchev–Trinajstić information content (AvgIpc) is 2.99. The molecule has 0 unspecified atom stereocenters. The number of benzene rings is 3. The number of nitrogens with one attached hydrogen (secondary N) is 1. The lowest BCUT2D eigenvalue weighted by atomic mass is 10.1. The second-order valence-corrected chi connectivity index (χ2v) is 10.7. The lowest BCUT2D eigenvalue weighted by Gasteiger charge is -2.31. The van der Waals surface area contributed by atoms with Crippen molar-refractivity contribution in [2.24, 2.45) is 0 Å². The van der Waals surface area contributed by atoms with Gasteiger partial charge in [-0.3, -0.25) is 10.1 Å². The number of amides is 2. The number of aryl methyl sites for hydroxylation is 2. The van der Waals surface area contributed by atoms with E-state index in [-0.39, 0.29) is 5.91 Å². The summed E-state index contributed by atoms with van der Waals surface area (Å²) in [5, 5.41) is 2.98. The molecule has 2 amide bonds. The van der Waals surface area contributed by atoms with Gasteiger partial charge >= 0.3 is 6.09 Å². The Morgan fingerprint density at radius 2 is 1.56 bits per heavy atom. The summed E-state index contributed by atoms with van der Waals surface area (Å²) in [7, 11) is 0. The van der Waals surface area contributed by atoms with Crippen molar-refractivity contribution in [1.29, 1.82) is 0 Å². The van der Waals surface area contributed by atoms with Crippen LogP contribution in [0.3, 0.4) is 0 Å². The van der Waals surface area contributed by atoms with Crippen molar-refractivity contribution >= 4 is 29.4 Å². The molecule has 0 bridgehead atoms. The van der Waals surface area contributed by atoms with Gasteiger partial charge in [-0.1, -0.05) is 78.5 Å². The van der Waals surface area contributed by atoms with E-state index < -0.39 is 16.6 Å². The third-order valence-electron chi connectivity index (χ3n) is 5.64. The fourth-order valence-corrected chi connectivity index (χ4v) is 5.53. The summed E-state index contributed by atoms with van der Waals surface area (Å²) in [6.07, 6.45) is -0.629. The van der Waals surface area contributed by atoms with Gasteiger partial charge in [0.1, 0.15) is 5.60 Å². The Bertz CT molecular complexity index is 1200. The minimum atomic E-state index is -1.36. The second-order valence-electron chi connectivity index (χ2n) is 9.53. The molecule has 3 aromatic carbocycles. The number of thioether (sulfide) groups is 1. The maximum atomic E-state index is 14.3. The average molecular weight is 475 g/mol. The van der Waals surface area contributed by atoms with Gasteiger partial charge in [0.25, 0.3) is 5.91 Å². The molecule has 0 aliphatic carbocycles. The number of anilines is 1. The summed E-state index contributed by atoms with van der Waals surface area (Å²) in [5.41, 5.74) is 3.93. The first-order valence-electron chi connectivity index (χ1n) is 11.3. The number of nitrogens with zero attached hydrogens (tertiary/aromatic N) is 1. The molecular formula is C28H30N2O3S. The SMILES string of the molecule is Cc1cccc(C)c1S[C@]1(NC(=O)OC(C)(C)C)C(=O)N(Cc2ccccc2)c2ccccc21. The number of para-hydroxylation sites is 1. The van der Waals surface area contributed by atoms with Crippen LogP contribution in [0.2, 0.25) is 0 Å². The highest BCUT2D eigenvalue weighted by molar-refractivity contribution is 8.01. The molecule has 1 heterocycles. The van der Waals surface area contributed by atoms with E-state index in [9.17, 15) is 9.59 Å². The Morgan fingerprint density at radius 3 is 2.21 bits per heavy atom. The van der Waals surface area contributed by atoms with Gasteiger partial charge in [0.05, 0.1) is 12.2 Å². The molecule has 1 aliphatic heterocycles. The normalized spacial score (nSPS) is 17.4. The first-order valence-corrected chi connectivity index (χ1v) is 12.1. The number of carbonyl (C=O) groups excluding carboxylic acids is 2. The zero-order valence-electron chi connectivity index (χ0n) is 20.2. The van der Waals surface area contributed by atoms with E-state index >= 15 is 0 Å². The van der Waals surface area contributed by atoms with Crippen molar-refractivity contribution in [2.75, 3.05) is 4.90 Å². The van der Waals surface area contributed by atoms with Crippen molar-refractivity contribution in [3.05, 3.63) is 95.1 Å². The van der Waals surface area contributed by atoms with Crippen LogP contribution in [0, 0.1) is 13.8 Å². The molecule has 0 saturated carbocycles. The lowest BCUT2D eigenvalue weighted by molar-refractivity contribution is -0.121. The summed E-state index contributed by atoms with van der Waals surface area (Å²) in [6, 6.07) is 23.5. The van der Waals surface area contributed by atoms with E-state index in [0.717, 1.165) is 32.8 Å². The predicted molar refractivity (Wildman–Crippen MR) is 137 cm³/mol. The molecule has 5 nitrogen and oxygen atoms in total. The third kappa shape index (κ3) is 4.68. The molecule has 1 aliphatic rings. The molecule has 3 aromatic rings. The minimum absolute atomic E-state index is 0.198. The number of carbonyl (C=O) groups is 2. The fourth-order valence-electron chi connectivity index (χ4n) is 4.15. The molecule has 0 fully saturated rings. The van der Waals surface area contributed by atoms with Crippen LogP contribution in [0.25, 0.3) is 0 Å². The van der Waals surface area contributed by atoms with Crippen molar-refractivity contribution in [3.63, 3.8) is 0 Å². The Hall–Kier alpha value is -3.25. The third-order valence-corrected chi connectivity index (χ3v) is 7.30. The van der Waals surface area contributed by atoms with Crippen LogP contribution < -0.4 is 10.2 Å². The van der Waals surface area contributed by atoms with Crippen molar-refractivity contribution in [3.8, 4) is 0 Å². The minimum Gasteiger partial charge on any atom is -0.444 e. The van der Waals surface area contributed by atoms with Crippen molar-refractivity contribution in [2.45, 2.75) is 56.5 Å². The Balaban J connectivity index is 1.84. The Labute approximate surface area is 205 Å². The van der Waals surface area contributed by atoms with Crippen LogP contribution in [0.15, 0.2) is 77.7 Å². The van der Waals surface area contributed by atoms with Gasteiger partial charge in [-0.2, -0.15) is 0 Å². The number of rotatable bonds is 5. The van der Waals surface area contributed by atoms with E-state index in [1.807, 2.05) is 107 Å². The van der Waals surface area contributed by atoms with Crippen LogP contribution in [0.1, 0.15) is 43.0 Å². The van der Waals surface area contributed by atoms with Gasteiger partial charge in [0, 0.05) is 10.5 Å². The molecule has 0 radical (unpaired) electrons. The Morgan fingerprint density at radius 1 is 0.941 bits per heavy atom. The first-order chi connectivity index (χ1) is 16.1. The maximum Gasteiger partial charge on any atom is 0.409 e. The van der Waals surface area contributed by atoms with Gasteiger partial charge in [0.15, 0.2) is 0 Å². The molecule has 176 valence electrons. The standard InChI is InChI=1S/C28H30N2O3S/c1-19-12-11-13-20(2)24(19)34-28(29-26(32)33-27(3,4)5)22-16-9-10-17-23(22)30(25(28)31)18-21-14-7-6-8-15-21/h6-17H,18H2,1-5H3,(H,29,32)/t28-/m0/s1. The van der Waals surface area contributed by atoms with E-state index in [4.69, 9.17) is 4.74 Å². The monoisotopic (exact) mass is 474 g/mol. The quantitative estimate of drug-likeness (QED) is 0.440. The molecule has 6 heteroatoms. The highest BCUT2D eigenvalue weighted by atomic mass is 32.2. The number of ether oxygens (including phenoxy) is 1. The topological polar surface area (TPSA) is 58.6 Å². The predicted octanol–water partition coefficient (Wildman–Crippen LogP) is 6.32. The van der Waals surface area contributed by atoms with Crippen molar-refractivity contribution in [1.82, 2.24) is 5.32 Å². The molecule has 0 aromatic heterocycles. The summed E-state index contributed by atoms with van der Waals surface area (Å²) < 4.78 is 5.61. The summed E-state index contributed by atoms with van der Waals surface area (Å²) in [6.45, 7) is 9.87. The van der Waals surface area contributed by atoms with Crippen LogP contribution >= 0.6 is 11.8 Å². The lowest BCUT2D eigenvalue weighted by Crippen LogP contribution is -2.52. The van der Waals surface area contributed by atoms with Crippen molar-refractivity contribution < 1.29 is 14.3 Å². The molecular weight excluding hydrogens is 444 g/mol. The maximum absolute atomic E-state index is 14.3. The van der Waals surface area contributed by atoms with E-state index in [1.165, 1.54) is 11.8 Å². The highest BCUT2D eigenvalue weighted by Gasteiger charge is 2.54. The van der Waals surface area contributed by atoms with E-state index in [2.05, 4.69) is 5.32 Å². The molecule has 34 heavy (non-hydrogen) atoms. The van der Waals surface area contributed by atoms with Crippen LogP contribution in [0.5, 0.6) is 0 Å². The largest absolute Gasteiger partial charge is 0.444 e. The van der Waals surface area contributed by atoms with Crippen LogP contribution in [-0.2, 0) is 20.9 Å². The van der Waals surface area contributed by atoms with E-state index in [1.54, 1.807) is 4.90 Å². The zero-order valence-corrected chi connectivity index (χ0v) is 21.0. The second kappa shape index (κ2) is 9.18. The number of hydrogen-bond donors (Lipinski definition) is 1. The summed E-state index contributed by atoms with van der Waals surface area (Å²) in [4.78, 5) is 28.7. The van der Waals surface area contributed by atoms with Crippen LogP contribution in [-0.4, -0.2) is 17.6 Å². The smallest absolute Gasteiger partial charge is 0.409 e. The number of fused-ring (bicyclic) bond motifs is 1. The molecule has 0 saturated heterocycles. The van der Waals surface area contributed by atoms with Gasteiger partial charge in [0.2, 0.25) is 4.87 Å². The molecule has 1 N–H and O–H groups in total. The van der Waals surface area contributed by atoms with Gasteiger partial charge in [-0.05, 0) is 57.4 Å². The first kappa shape index (κ1) is 23.9. The zero-order chi connectivity index (χ0) is 24.5. The van der Waals surface area contributed by atoms with E-state index in [0.29, 0.717) is 6.54 Å².